The molecule has 6 heteroatoms. The first-order valence-corrected chi connectivity index (χ1v) is 9.44. The number of ether oxygens (including phenoxy) is 1. The van der Waals surface area contributed by atoms with Crippen LogP contribution < -0.4 is 5.73 Å². The fourth-order valence-corrected chi connectivity index (χ4v) is 3.14. The number of nitrogens with zero attached hydrogens (tertiary/aromatic N) is 4. The second-order valence-electron chi connectivity index (χ2n) is 6.97. The van der Waals surface area contributed by atoms with E-state index in [9.17, 15) is 0 Å². The molecule has 0 aliphatic carbocycles. The maximum Gasteiger partial charge on any atom is 0.147 e. The van der Waals surface area contributed by atoms with E-state index in [4.69, 9.17) is 10.5 Å². The van der Waals surface area contributed by atoms with Crippen LogP contribution in [0.5, 0.6) is 0 Å². The summed E-state index contributed by atoms with van der Waals surface area (Å²) in [5.41, 5.74) is 6.78. The molecule has 140 valence electrons. The highest BCUT2D eigenvalue weighted by atomic mass is 16.5. The van der Waals surface area contributed by atoms with Crippen LogP contribution in [0.2, 0.25) is 0 Å². The SMILES string of the molecule is CCCCN(CC(C)OC(CC)n1ccc2c(N)ncnc21)C(C)C. The van der Waals surface area contributed by atoms with Crippen molar-refractivity contribution in [1.29, 1.82) is 0 Å². The lowest BCUT2D eigenvalue weighted by atomic mass is 10.2. The van der Waals surface area contributed by atoms with Crippen molar-refractivity contribution >= 4 is 16.9 Å². The minimum atomic E-state index is -0.0537. The summed E-state index contributed by atoms with van der Waals surface area (Å²) in [6.07, 6.45) is 6.90. The number of unbranched alkanes of at least 4 members (excludes halogenated alkanes) is 1. The Kier molecular flexibility index (Phi) is 7.20. The minimum absolute atomic E-state index is 0.0537. The first-order valence-electron chi connectivity index (χ1n) is 9.44. The molecule has 2 unspecified atom stereocenters. The normalized spacial score (nSPS) is 14.5. The van der Waals surface area contributed by atoms with E-state index >= 15 is 0 Å². The third kappa shape index (κ3) is 4.92. The highest BCUT2D eigenvalue weighted by Gasteiger charge is 2.19. The summed E-state index contributed by atoms with van der Waals surface area (Å²) in [5.74, 6) is 0.511. The van der Waals surface area contributed by atoms with Gasteiger partial charge in [-0.15, -0.1) is 0 Å². The summed E-state index contributed by atoms with van der Waals surface area (Å²) in [4.78, 5) is 10.9. The van der Waals surface area contributed by atoms with Crippen LogP contribution in [0, 0.1) is 0 Å². The number of nitrogens with two attached hydrogens (primary N) is 1. The molecule has 0 bridgehead atoms. The number of anilines is 1. The fraction of sp³-hybridized carbons (Fsp3) is 0.684. The molecule has 2 heterocycles. The quantitative estimate of drug-likeness (QED) is 0.707. The predicted octanol–water partition coefficient (Wildman–Crippen LogP) is 3.84. The highest BCUT2D eigenvalue weighted by molar-refractivity contribution is 5.86. The third-order valence-corrected chi connectivity index (χ3v) is 4.61. The highest BCUT2D eigenvalue weighted by Crippen LogP contribution is 2.25. The molecule has 6 nitrogen and oxygen atoms in total. The second-order valence-corrected chi connectivity index (χ2v) is 6.97. The summed E-state index contributed by atoms with van der Waals surface area (Å²) in [5, 5.41) is 0.879. The fourth-order valence-electron chi connectivity index (χ4n) is 3.14. The molecule has 2 aromatic rings. The molecule has 0 amide bonds. The summed E-state index contributed by atoms with van der Waals surface area (Å²) in [6.45, 7) is 13.1. The van der Waals surface area contributed by atoms with Crippen LogP contribution >= 0.6 is 0 Å². The Hall–Kier alpha value is -1.66. The van der Waals surface area contributed by atoms with Crippen molar-refractivity contribution in [3.63, 3.8) is 0 Å². The van der Waals surface area contributed by atoms with Crippen LogP contribution in [0.3, 0.4) is 0 Å². The maximum atomic E-state index is 6.37. The first-order chi connectivity index (χ1) is 12.0. The summed E-state index contributed by atoms with van der Waals surface area (Å²) in [7, 11) is 0. The van der Waals surface area contributed by atoms with Gasteiger partial charge in [0.2, 0.25) is 0 Å². The lowest BCUT2D eigenvalue weighted by Crippen LogP contribution is -2.39. The van der Waals surface area contributed by atoms with Crippen molar-refractivity contribution in [3.8, 4) is 0 Å². The van der Waals surface area contributed by atoms with Gasteiger partial charge in [0.25, 0.3) is 0 Å². The van der Waals surface area contributed by atoms with E-state index in [1.807, 2.05) is 12.3 Å². The van der Waals surface area contributed by atoms with Crippen LogP contribution in [-0.4, -0.2) is 44.7 Å². The minimum Gasteiger partial charge on any atom is -0.383 e. The molecule has 0 aliphatic heterocycles. The van der Waals surface area contributed by atoms with E-state index in [1.54, 1.807) is 0 Å². The molecule has 0 aliphatic rings. The van der Waals surface area contributed by atoms with E-state index in [1.165, 1.54) is 19.2 Å². The van der Waals surface area contributed by atoms with Crippen molar-refractivity contribution in [3.05, 3.63) is 18.6 Å². The molecule has 0 saturated heterocycles. The summed E-state index contributed by atoms with van der Waals surface area (Å²) < 4.78 is 8.44. The number of fused-ring (bicyclic) bond motifs is 1. The predicted molar refractivity (Wildman–Crippen MR) is 103 cm³/mol. The molecule has 25 heavy (non-hydrogen) atoms. The molecule has 0 fully saturated rings. The van der Waals surface area contributed by atoms with Gasteiger partial charge in [-0.3, -0.25) is 4.90 Å². The third-order valence-electron chi connectivity index (χ3n) is 4.61. The molecule has 0 aromatic carbocycles. The van der Waals surface area contributed by atoms with Gasteiger partial charge in [-0.25, -0.2) is 9.97 Å². The van der Waals surface area contributed by atoms with Gasteiger partial charge in [0.05, 0.1) is 11.5 Å². The molecule has 2 atom stereocenters. The number of hydrogen-bond donors (Lipinski definition) is 1. The summed E-state index contributed by atoms with van der Waals surface area (Å²) >= 11 is 0. The van der Waals surface area contributed by atoms with Gasteiger partial charge in [-0.05, 0) is 46.2 Å². The standard InChI is InChI=1S/C19H33N5O/c1-6-8-10-23(14(3)4)12-15(5)25-17(7-2)24-11-9-16-18(20)21-13-22-19(16)24/h9,11,13-15,17H,6-8,10,12H2,1-5H3,(H2,20,21,22). The van der Waals surface area contributed by atoms with Gasteiger partial charge in [0.1, 0.15) is 24.0 Å². The van der Waals surface area contributed by atoms with Gasteiger partial charge in [0, 0.05) is 18.8 Å². The van der Waals surface area contributed by atoms with Crippen LogP contribution in [0.15, 0.2) is 18.6 Å². The molecule has 0 radical (unpaired) electrons. The van der Waals surface area contributed by atoms with Gasteiger partial charge >= 0.3 is 0 Å². The topological polar surface area (TPSA) is 69.2 Å². The Balaban J connectivity index is 2.08. The lowest BCUT2D eigenvalue weighted by molar-refractivity contribution is -0.0605. The van der Waals surface area contributed by atoms with Crippen LogP contribution in [0.4, 0.5) is 5.82 Å². The Bertz CT molecular complexity index is 654. The van der Waals surface area contributed by atoms with Gasteiger partial charge in [-0.1, -0.05) is 20.3 Å². The van der Waals surface area contributed by atoms with Crippen LogP contribution in [-0.2, 0) is 4.74 Å². The zero-order chi connectivity index (χ0) is 18.4. The molecular formula is C19H33N5O. The lowest BCUT2D eigenvalue weighted by Gasteiger charge is -2.31. The van der Waals surface area contributed by atoms with E-state index in [0.717, 1.165) is 30.5 Å². The van der Waals surface area contributed by atoms with Crippen molar-refractivity contribution in [2.24, 2.45) is 0 Å². The number of nitrogen functional groups attached to an aromatic ring is 1. The van der Waals surface area contributed by atoms with Crippen molar-refractivity contribution in [2.75, 3.05) is 18.8 Å². The van der Waals surface area contributed by atoms with Gasteiger partial charge in [-0.2, -0.15) is 0 Å². The van der Waals surface area contributed by atoms with Crippen molar-refractivity contribution in [2.45, 2.75) is 72.3 Å². The Labute approximate surface area is 151 Å². The largest absolute Gasteiger partial charge is 0.383 e. The number of hydrogen-bond acceptors (Lipinski definition) is 5. The molecular weight excluding hydrogens is 314 g/mol. The Morgan fingerprint density at radius 3 is 2.64 bits per heavy atom. The van der Waals surface area contributed by atoms with Crippen molar-refractivity contribution < 1.29 is 4.74 Å². The van der Waals surface area contributed by atoms with Crippen LogP contribution in [0.1, 0.15) is 60.1 Å². The van der Waals surface area contributed by atoms with Crippen molar-refractivity contribution in [1.82, 2.24) is 19.4 Å². The van der Waals surface area contributed by atoms with E-state index in [-0.39, 0.29) is 12.3 Å². The van der Waals surface area contributed by atoms with Gasteiger partial charge < -0.3 is 15.0 Å². The van der Waals surface area contributed by atoms with Gasteiger partial charge in [0.15, 0.2) is 0 Å². The smallest absolute Gasteiger partial charge is 0.147 e. The Morgan fingerprint density at radius 1 is 1.24 bits per heavy atom. The number of rotatable bonds is 10. The molecule has 0 saturated carbocycles. The average Bonchev–Trinajstić information content (AvgIpc) is 3.01. The average molecular weight is 348 g/mol. The molecule has 0 spiro atoms. The van der Waals surface area contributed by atoms with E-state index < -0.39 is 0 Å². The monoisotopic (exact) mass is 347 g/mol. The molecule has 2 N–H and O–H groups in total. The van der Waals surface area contributed by atoms with E-state index in [0.29, 0.717) is 11.9 Å². The number of aromatic nitrogens is 3. The molecule has 2 rings (SSSR count). The maximum absolute atomic E-state index is 6.37. The summed E-state index contributed by atoms with van der Waals surface area (Å²) in [6, 6.07) is 2.49. The molecule has 2 aromatic heterocycles. The zero-order valence-corrected chi connectivity index (χ0v) is 16.3. The second kappa shape index (κ2) is 9.15. The zero-order valence-electron chi connectivity index (χ0n) is 16.3. The van der Waals surface area contributed by atoms with Crippen LogP contribution in [0.25, 0.3) is 11.0 Å². The Morgan fingerprint density at radius 2 is 2.00 bits per heavy atom. The first kappa shape index (κ1) is 19.7. The van der Waals surface area contributed by atoms with E-state index in [2.05, 4.69) is 54.1 Å².